The number of hydrogen-bond acceptors (Lipinski definition) is 4. The van der Waals surface area contributed by atoms with Crippen molar-refractivity contribution in [3.05, 3.63) is 45.9 Å². The summed E-state index contributed by atoms with van der Waals surface area (Å²) in [5.41, 5.74) is 7.23. The van der Waals surface area contributed by atoms with Gasteiger partial charge in [0.05, 0.1) is 12.1 Å². The van der Waals surface area contributed by atoms with Gasteiger partial charge in [-0.05, 0) is 13.0 Å². The van der Waals surface area contributed by atoms with E-state index in [4.69, 9.17) is 10.5 Å². The highest BCUT2D eigenvalue weighted by molar-refractivity contribution is 7.11. The van der Waals surface area contributed by atoms with Crippen molar-refractivity contribution in [2.75, 3.05) is 7.11 Å². The normalized spacial score (nSPS) is 12.4. The van der Waals surface area contributed by atoms with Crippen LogP contribution < -0.4 is 10.5 Å². The van der Waals surface area contributed by atoms with E-state index in [-0.39, 0.29) is 6.04 Å². The van der Waals surface area contributed by atoms with Gasteiger partial charge >= 0.3 is 0 Å². The Morgan fingerprint density at radius 2 is 2.18 bits per heavy atom. The van der Waals surface area contributed by atoms with Gasteiger partial charge in [0.1, 0.15) is 5.75 Å². The highest BCUT2D eigenvalue weighted by atomic mass is 32.1. The first-order chi connectivity index (χ1) is 8.20. The standard InChI is InChI=1S/C13H16N2OS/c1-9-8-15-13(17-9)7-11(14)10-5-3-4-6-12(10)16-2/h3-6,8,11H,7,14H2,1-2H3. The molecule has 90 valence electrons. The van der Waals surface area contributed by atoms with Crippen molar-refractivity contribution in [3.8, 4) is 5.75 Å². The molecule has 0 aliphatic heterocycles. The monoisotopic (exact) mass is 248 g/mol. The molecule has 0 radical (unpaired) electrons. The lowest BCUT2D eigenvalue weighted by atomic mass is 10.0. The van der Waals surface area contributed by atoms with Crippen LogP contribution in [0.15, 0.2) is 30.5 Å². The van der Waals surface area contributed by atoms with Crippen LogP contribution in [0.4, 0.5) is 0 Å². The van der Waals surface area contributed by atoms with Crippen molar-refractivity contribution in [2.24, 2.45) is 5.73 Å². The average Bonchev–Trinajstić information content (AvgIpc) is 2.74. The van der Waals surface area contributed by atoms with E-state index in [1.54, 1.807) is 18.4 Å². The summed E-state index contributed by atoms with van der Waals surface area (Å²) in [6, 6.07) is 7.79. The van der Waals surface area contributed by atoms with E-state index in [1.807, 2.05) is 30.5 Å². The van der Waals surface area contributed by atoms with Gasteiger partial charge in [0.15, 0.2) is 0 Å². The molecular weight excluding hydrogens is 232 g/mol. The Balaban J connectivity index is 2.16. The number of methoxy groups -OCH3 is 1. The SMILES string of the molecule is COc1ccccc1C(N)Cc1ncc(C)s1. The maximum atomic E-state index is 6.20. The fraction of sp³-hybridized carbons (Fsp3) is 0.308. The molecule has 2 N–H and O–H groups in total. The van der Waals surface area contributed by atoms with Crippen molar-refractivity contribution in [3.63, 3.8) is 0 Å². The fourth-order valence-electron chi connectivity index (χ4n) is 1.77. The molecule has 0 saturated heterocycles. The molecule has 4 heteroatoms. The molecule has 0 amide bonds. The highest BCUT2D eigenvalue weighted by Crippen LogP contribution is 2.26. The zero-order chi connectivity index (χ0) is 12.3. The summed E-state index contributed by atoms with van der Waals surface area (Å²) >= 11 is 1.69. The van der Waals surface area contributed by atoms with Gasteiger partial charge in [-0.15, -0.1) is 11.3 Å². The molecule has 1 unspecified atom stereocenters. The number of rotatable bonds is 4. The Morgan fingerprint density at radius 3 is 2.82 bits per heavy atom. The maximum absolute atomic E-state index is 6.20. The van der Waals surface area contributed by atoms with Crippen molar-refractivity contribution in [2.45, 2.75) is 19.4 Å². The molecule has 17 heavy (non-hydrogen) atoms. The van der Waals surface area contributed by atoms with Crippen LogP contribution in [0.1, 0.15) is 21.5 Å². The molecule has 0 bridgehead atoms. The van der Waals surface area contributed by atoms with E-state index in [0.29, 0.717) is 0 Å². The smallest absolute Gasteiger partial charge is 0.123 e. The summed E-state index contributed by atoms with van der Waals surface area (Å²) in [5.74, 6) is 0.841. The summed E-state index contributed by atoms with van der Waals surface area (Å²) in [6.45, 7) is 2.05. The van der Waals surface area contributed by atoms with Crippen molar-refractivity contribution >= 4 is 11.3 Å². The quantitative estimate of drug-likeness (QED) is 0.905. The number of aryl methyl sites for hydroxylation is 1. The van der Waals surface area contributed by atoms with Crippen LogP contribution in [0.5, 0.6) is 5.75 Å². The van der Waals surface area contributed by atoms with Crippen molar-refractivity contribution < 1.29 is 4.74 Å². The highest BCUT2D eigenvalue weighted by Gasteiger charge is 2.13. The second-order valence-corrected chi connectivity index (χ2v) is 5.24. The van der Waals surface area contributed by atoms with Gasteiger partial charge in [0.2, 0.25) is 0 Å². The van der Waals surface area contributed by atoms with Crippen LogP contribution in [-0.4, -0.2) is 12.1 Å². The average molecular weight is 248 g/mol. The first kappa shape index (κ1) is 12.1. The Morgan fingerprint density at radius 1 is 1.41 bits per heavy atom. The summed E-state index contributed by atoms with van der Waals surface area (Å²) in [5, 5.41) is 1.07. The second-order valence-electron chi connectivity index (χ2n) is 3.92. The third-order valence-electron chi connectivity index (χ3n) is 2.60. The molecule has 3 nitrogen and oxygen atoms in total. The van der Waals surface area contributed by atoms with E-state index in [0.717, 1.165) is 22.7 Å². The van der Waals surface area contributed by atoms with Gasteiger partial charge in [0.25, 0.3) is 0 Å². The molecular formula is C13H16N2OS. The molecule has 0 aliphatic carbocycles. The Labute approximate surface area is 105 Å². The van der Waals surface area contributed by atoms with E-state index in [2.05, 4.69) is 11.9 Å². The van der Waals surface area contributed by atoms with E-state index < -0.39 is 0 Å². The number of benzene rings is 1. The Bertz CT molecular complexity index is 496. The first-order valence-electron chi connectivity index (χ1n) is 5.50. The number of hydrogen-bond donors (Lipinski definition) is 1. The summed E-state index contributed by atoms with van der Waals surface area (Å²) in [4.78, 5) is 5.55. The minimum Gasteiger partial charge on any atom is -0.496 e. The zero-order valence-electron chi connectivity index (χ0n) is 10.0. The molecule has 2 aromatic rings. The molecule has 1 aromatic heterocycles. The predicted molar refractivity (Wildman–Crippen MR) is 70.5 cm³/mol. The van der Waals surface area contributed by atoms with Gasteiger partial charge in [-0.2, -0.15) is 0 Å². The molecule has 1 aromatic carbocycles. The lowest BCUT2D eigenvalue weighted by molar-refractivity contribution is 0.405. The van der Waals surface area contributed by atoms with Gasteiger partial charge in [-0.25, -0.2) is 4.98 Å². The molecule has 1 atom stereocenters. The number of aromatic nitrogens is 1. The largest absolute Gasteiger partial charge is 0.496 e. The van der Waals surface area contributed by atoms with Crippen LogP contribution in [0.3, 0.4) is 0 Å². The fourth-order valence-corrected chi connectivity index (χ4v) is 2.61. The van der Waals surface area contributed by atoms with Gasteiger partial charge in [-0.1, -0.05) is 18.2 Å². The first-order valence-corrected chi connectivity index (χ1v) is 6.32. The summed E-state index contributed by atoms with van der Waals surface area (Å²) < 4.78 is 5.31. The number of nitrogens with two attached hydrogens (primary N) is 1. The van der Waals surface area contributed by atoms with Crippen LogP contribution in [0.25, 0.3) is 0 Å². The maximum Gasteiger partial charge on any atom is 0.123 e. The van der Waals surface area contributed by atoms with Crippen LogP contribution in [-0.2, 0) is 6.42 Å². The van der Waals surface area contributed by atoms with Crippen molar-refractivity contribution in [1.29, 1.82) is 0 Å². The van der Waals surface area contributed by atoms with E-state index in [1.165, 1.54) is 4.88 Å². The minimum absolute atomic E-state index is 0.0725. The number of para-hydroxylation sites is 1. The third-order valence-corrected chi connectivity index (χ3v) is 3.54. The molecule has 0 saturated carbocycles. The van der Waals surface area contributed by atoms with Crippen molar-refractivity contribution in [1.82, 2.24) is 4.98 Å². The molecule has 0 fully saturated rings. The zero-order valence-corrected chi connectivity index (χ0v) is 10.8. The number of nitrogens with zero attached hydrogens (tertiary/aromatic N) is 1. The lowest BCUT2D eigenvalue weighted by Gasteiger charge is -2.14. The molecule has 0 spiro atoms. The van der Waals surface area contributed by atoms with Gasteiger partial charge in [0, 0.05) is 29.1 Å². The number of ether oxygens (including phenoxy) is 1. The second kappa shape index (κ2) is 5.29. The van der Waals surface area contributed by atoms with Gasteiger partial charge in [-0.3, -0.25) is 0 Å². The van der Waals surface area contributed by atoms with Crippen LogP contribution in [0.2, 0.25) is 0 Å². The van der Waals surface area contributed by atoms with E-state index in [9.17, 15) is 0 Å². The Kier molecular flexibility index (Phi) is 3.76. The van der Waals surface area contributed by atoms with Gasteiger partial charge < -0.3 is 10.5 Å². The molecule has 0 aliphatic rings. The molecule has 1 heterocycles. The summed E-state index contributed by atoms with van der Waals surface area (Å²) in [7, 11) is 1.67. The predicted octanol–water partition coefficient (Wildman–Crippen LogP) is 2.70. The molecule has 2 rings (SSSR count). The third kappa shape index (κ3) is 2.84. The summed E-state index contributed by atoms with van der Waals surface area (Å²) in [6.07, 6.45) is 2.63. The van der Waals surface area contributed by atoms with Crippen LogP contribution in [0, 0.1) is 6.92 Å². The minimum atomic E-state index is -0.0725. The van der Waals surface area contributed by atoms with Crippen LogP contribution >= 0.6 is 11.3 Å². The lowest BCUT2D eigenvalue weighted by Crippen LogP contribution is -2.14. The topological polar surface area (TPSA) is 48.1 Å². The Hall–Kier alpha value is -1.39. The van der Waals surface area contributed by atoms with E-state index >= 15 is 0 Å². The number of thiazole rings is 1.